The maximum atomic E-state index is 12.5. The van der Waals surface area contributed by atoms with Gasteiger partial charge in [0.2, 0.25) is 5.91 Å². The van der Waals surface area contributed by atoms with E-state index in [1.807, 2.05) is 31.0 Å². The molecule has 1 amide bonds. The van der Waals surface area contributed by atoms with Crippen LogP contribution in [0.3, 0.4) is 0 Å². The summed E-state index contributed by atoms with van der Waals surface area (Å²) in [6.45, 7) is 2.50. The predicted octanol–water partition coefficient (Wildman–Crippen LogP) is 4.52. The number of benzene rings is 1. The Hall–Kier alpha value is -1.27. The first-order valence-corrected chi connectivity index (χ1v) is 8.57. The summed E-state index contributed by atoms with van der Waals surface area (Å²) >= 11 is 13.4. The van der Waals surface area contributed by atoms with Crippen molar-refractivity contribution in [2.45, 2.75) is 19.5 Å². The van der Waals surface area contributed by atoms with Crippen molar-refractivity contribution in [3.05, 3.63) is 44.6 Å². The average molecular weight is 373 g/mol. The molecule has 1 aromatic heterocycles. The van der Waals surface area contributed by atoms with E-state index in [1.54, 1.807) is 25.3 Å². The minimum atomic E-state index is -0.320. The van der Waals surface area contributed by atoms with Gasteiger partial charge in [0.1, 0.15) is 5.75 Å². The van der Waals surface area contributed by atoms with E-state index in [9.17, 15) is 4.79 Å². The van der Waals surface area contributed by atoms with Crippen molar-refractivity contribution in [3.8, 4) is 5.75 Å². The maximum absolute atomic E-state index is 12.5. The number of nitrogens with one attached hydrogen (secondary N) is 1. The third-order valence-electron chi connectivity index (χ3n) is 3.49. The molecular weight excluding hydrogens is 355 g/mol. The summed E-state index contributed by atoms with van der Waals surface area (Å²) in [5.74, 6) is 0.443. The van der Waals surface area contributed by atoms with Gasteiger partial charge in [0.15, 0.2) is 0 Å². The molecule has 23 heavy (non-hydrogen) atoms. The average Bonchev–Trinajstić information content (AvgIpc) is 2.91. The zero-order valence-corrected chi connectivity index (χ0v) is 15.4. The molecule has 0 saturated heterocycles. The lowest BCUT2D eigenvalue weighted by Gasteiger charge is -2.23. The number of hydrogen-bond acceptors (Lipinski definition) is 4. The lowest BCUT2D eigenvalue weighted by molar-refractivity contribution is -0.120. The van der Waals surface area contributed by atoms with Gasteiger partial charge in [-0.2, -0.15) is 0 Å². The SMILES string of the molecule is COc1ccc(Cl)cc1NC(=O)[C@@H](C)N(C)Cc1ccc(Cl)s1. The molecule has 1 heterocycles. The van der Waals surface area contributed by atoms with Gasteiger partial charge in [-0.05, 0) is 44.3 Å². The third-order valence-corrected chi connectivity index (χ3v) is 4.95. The Morgan fingerprint density at radius 3 is 2.70 bits per heavy atom. The molecule has 1 atom stereocenters. The molecule has 0 unspecified atom stereocenters. The molecule has 0 aliphatic heterocycles. The monoisotopic (exact) mass is 372 g/mol. The molecule has 2 aromatic rings. The first-order chi connectivity index (χ1) is 10.9. The van der Waals surface area contributed by atoms with Crippen molar-refractivity contribution in [2.75, 3.05) is 19.5 Å². The fourth-order valence-electron chi connectivity index (χ4n) is 2.03. The summed E-state index contributed by atoms with van der Waals surface area (Å²) in [6, 6.07) is 8.61. The number of anilines is 1. The molecule has 0 aliphatic rings. The van der Waals surface area contributed by atoms with Crippen LogP contribution in [0.5, 0.6) is 5.75 Å². The van der Waals surface area contributed by atoms with Crippen LogP contribution in [-0.4, -0.2) is 31.0 Å². The number of likely N-dealkylation sites (N-methyl/N-ethyl adjacent to an activating group) is 1. The Bertz CT molecular complexity index is 690. The Kier molecular flexibility index (Phi) is 6.30. The van der Waals surface area contributed by atoms with E-state index in [0.29, 0.717) is 23.0 Å². The van der Waals surface area contributed by atoms with Crippen LogP contribution in [0.2, 0.25) is 9.36 Å². The van der Waals surface area contributed by atoms with Gasteiger partial charge in [-0.3, -0.25) is 9.69 Å². The van der Waals surface area contributed by atoms with Gasteiger partial charge in [0, 0.05) is 16.4 Å². The Morgan fingerprint density at radius 1 is 1.35 bits per heavy atom. The molecule has 124 valence electrons. The second-order valence-electron chi connectivity index (χ2n) is 5.13. The molecule has 0 fully saturated rings. The molecule has 0 saturated carbocycles. The van der Waals surface area contributed by atoms with Crippen LogP contribution in [0, 0.1) is 0 Å². The number of halogens is 2. The van der Waals surface area contributed by atoms with Crippen molar-refractivity contribution < 1.29 is 9.53 Å². The van der Waals surface area contributed by atoms with Gasteiger partial charge in [0.25, 0.3) is 0 Å². The number of nitrogens with zero attached hydrogens (tertiary/aromatic N) is 1. The molecule has 1 aromatic carbocycles. The van der Waals surface area contributed by atoms with E-state index < -0.39 is 0 Å². The van der Waals surface area contributed by atoms with E-state index in [-0.39, 0.29) is 11.9 Å². The first kappa shape index (κ1) is 18.1. The first-order valence-electron chi connectivity index (χ1n) is 6.99. The molecule has 0 spiro atoms. The number of carbonyl (C=O) groups is 1. The van der Waals surface area contributed by atoms with Crippen molar-refractivity contribution >= 4 is 46.1 Å². The number of hydrogen-bond donors (Lipinski definition) is 1. The van der Waals surface area contributed by atoms with Gasteiger partial charge in [-0.15, -0.1) is 11.3 Å². The van der Waals surface area contributed by atoms with Crippen LogP contribution in [0.25, 0.3) is 0 Å². The van der Waals surface area contributed by atoms with Crippen LogP contribution in [0.15, 0.2) is 30.3 Å². The molecule has 1 N–H and O–H groups in total. The molecule has 0 bridgehead atoms. The highest BCUT2D eigenvalue weighted by atomic mass is 35.5. The van der Waals surface area contributed by atoms with Gasteiger partial charge in [0.05, 0.1) is 23.2 Å². The van der Waals surface area contributed by atoms with Crippen LogP contribution in [0.1, 0.15) is 11.8 Å². The molecule has 7 heteroatoms. The third kappa shape index (κ3) is 4.85. The van der Waals surface area contributed by atoms with Gasteiger partial charge < -0.3 is 10.1 Å². The highest BCUT2D eigenvalue weighted by Gasteiger charge is 2.20. The Morgan fingerprint density at radius 2 is 2.09 bits per heavy atom. The van der Waals surface area contributed by atoms with E-state index in [2.05, 4.69) is 5.32 Å². The Balaban J connectivity index is 2.03. The summed E-state index contributed by atoms with van der Waals surface area (Å²) < 4.78 is 5.98. The topological polar surface area (TPSA) is 41.6 Å². The largest absolute Gasteiger partial charge is 0.495 e. The highest BCUT2D eigenvalue weighted by Crippen LogP contribution is 2.28. The maximum Gasteiger partial charge on any atom is 0.241 e. The number of methoxy groups -OCH3 is 1. The minimum Gasteiger partial charge on any atom is -0.495 e. The van der Waals surface area contributed by atoms with E-state index in [4.69, 9.17) is 27.9 Å². The fourth-order valence-corrected chi connectivity index (χ4v) is 3.36. The van der Waals surface area contributed by atoms with Gasteiger partial charge in [-0.1, -0.05) is 23.2 Å². The quantitative estimate of drug-likeness (QED) is 0.809. The standard InChI is InChI=1S/C16H18Cl2N2O2S/c1-10(20(2)9-12-5-7-15(18)23-12)16(21)19-13-8-11(17)4-6-14(13)22-3/h4-8,10H,9H2,1-3H3,(H,19,21)/t10-/m1/s1. The summed E-state index contributed by atoms with van der Waals surface area (Å²) in [4.78, 5) is 15.5. The Labute approximate surface area is 150 Å². The molecule has 0 aliphatic carbocycles. The molecule has 4 nitrogen and oxygen atoms in total. The summed E-state index contributed by atoms with van der Waals surface area (Å²) in [6.07, 6.45) is 0. The number of ether oxygens (including phenoxy) is 1. The number of thiophene rings is 1. The lowest BCUT2D eigenvalue weighted by atomic mass is 10.2. The summed E-state index contributed by atoms with van der Waals surface area (Å²) in [5, 5.41) is 3.40. The van der Waals surface area contributed by atoms with Gasteiger partial charge in [-0.25, -0.2) is 0 Å². The molecule has 0 radical (unpaired) electrons. The molecular formula is C16H18Cl2N2O2S. The van der Waals surface area contributed by atoms with Gasteiger partial charge >= 0.3 is 0 Å². The second-order valence-corrected chi connectivity index (χ2v) is 7.37. The van der Waals surface area contributed by atoms with Crippen LogP contribution >= 0.6 is 34.5 Å². The summed E-state index contributed by atoms with van der Waals surface area (Å²) in [7, 11) is 3.45. The normalized spacial score (nSPS) is 12.3. The van der Waals surface area contributed by atoms with Crippen LogP contribution in [0.4, 0.5) is 5.69 Å². The number of carbonyl (C=O) groups excluding carboxylic acids is 1. The van der Waals surface area contributed by atoms with E-state index in [1.165, 1.54) is 11.3 Å². The van der Waals surface area contributed by atoms with Crippen LogP contribution < -0.4 is 10.1 Å². The fraction of sp³-hybridized carbons (Fsp3) is 0.312. The van der Waals surface area contributed by atoms with Crippen LogP contribution in [-0.2, 0) is 11.3 Å². The van der Waals surface area contributed by atoms with E-state index >= 15 is 0 Å². The smallest absolute Gasteiger partial charge is 0.241 e. The predicted molar refractivity (Wildman–Crippen MR) is 96.9 cm³/mol. The molecule has 2 rings (SSSR count). The zero-order valence-electron chi connectivity index (χ0n) is 13.1. The van der Waals surface area contributed by atoms with E-state index in [0.717, 1.165) is 9.21 Å². The summed E-state index contributed by atoms with van der Waals surface area (Å²) in [5.41, 5.74) is 0.560. The minimum absolute atomic E-state index is 0.129. The van der Waals surface area contributed by atoms with Crippen molar-refractivity contribution in [2.24, 2.45) is 0 Å². The zero-order chi connectivity index (χ0) is 17.0. The highest BCUT2D eigenvalue weighted by molar-refractivity contribution is 7.16. The second kappa shape index (κ2) is 8.02. The lowest BCUT2D eigenvalue weighted by Crippen LogP contribution is -2.39. The van der Waals surface area contributed by atoms with Crippen molar-refractivity contribution in [1.82, 2.24) is 4.90 Å². The van der Waals surface area contributed by atoms with Crippen molar-refractivity contribution in [1.29, 1.82) is 0 Å². The number of rotatable bonds is 6. The number of amides is 1. The van der Waals surface area contributed by atoms with Crippen molar-refractivity contribution in [3.63, 3.8) is 0 Å².